The summed E-state index contributed by atoms with van der Waals surface area (Å²) in [7, 11) is 0. The summed E-state index contributed by atoms with van der Waals surface area (Å²) in [6, 6.07) is 13.7. The fourth-order valence-corrected chi connectivity index (χ4v) is 3.72. The second kappa shape index (κ2) is 9.76. The number of piperazine rings is 1. The molecule has 2 aromatic carbocycles. The molecule has 27 heavy (non-hydrogen) atoms. The predicted octanol–water partition coefficient (Wildman–Crippen LogP) is 4.79. The molecule has 0 saturated carbocycles. The summed E-state index contributed by atoms with van der Waals surface area (Å²) in [4.78, 5) is 17.0. The van der Waals surface area contributed by atoms with Crippen molar-refractivity contribution in [2.24, 2.45) is 0 Å². The van der Waals surface area contributed by atoms with E-state index in [-0.39, 0.29) is 5.91 Å². The van der Waals surface area contributed by atoms with Crippen LogP contribution in [0.5, 0.6) is 0 Å². The van der Waals surface area contributed by atoms with Crippen molar-refractivity contribution in [1.82, 2.24) is 9.80 Å². The van der Waals surface area contributed by atoms with E-state index in [9.17, 15) is 4.79 Å². The maximum Gasteiger partial charge on any atom is 0.225 e. The van der Waals surface area contributed by atoms with Gasteiger partial charge in [0.2, 0.25) is 5.91 Å². The van der Waals surface area contributed by atoms with Crippen LogP contribution in [0.1, 0.15) is 12.0 Å². The lowest BCUT2D eigenvalue weighted by molar-refractivity contribution is -0.116. The molecule has 3 rings (SSSR count). The van der Waals surface area contributed by atoms with Crippen LogP contribution in [0.3, 0.4) is 0 Å². The summed E-state index contributed by atoms with van der Waals surface area (Å²) in [6.07, 6.45) is 0.427. The monoisotopic (exact) mass is 425 g/mol. The number of nitrogens with one attached hydrogen (secondary N) is 1. The first-order valence-corrected chi connectivity index (χ1v) is 10.1. The van der Waals surface area contributed by atoms with Crippen LogP contribution in [-0.4, -0.2) is 48.4 Å². The van der Waals surface area contributed by atoms with Gasteiger partial charge in [0.15, 0.2) is 0 Å². The Balaban J connectivity index is 1.40. The van der Waals surface area contributed by atoms with Crippen molar-refractivity contribution < 1.29 is 4.79 Å². The van der Waals surface area contributed by atoms with Gasteiger partial charge in [-0.1, -0.05) is 65.1 Å². The van der Waals surface area contributed by atoms with E-state index < -0.39 is 0 Å². The summed E-state index contributed by atoms with van der Waals surface area (Å²) in [5.41, 5.74) is 1.90. The molecule has 0 unspecified atom stereocenters. The molecule has 0 radical (unpaired) electrons. The van der Waals surface area contributed by atoms with Gasteiger partial charge in [0.25, 0.3) is 0 Å². The molecule has 1 aliphatic heterocycles. The highest BCUT2D eigenvalue weighted by atomic mass is 35.5. The second-order valence-corrected chi connectivity index (χ2v) is 7.85. The molecule has 7 heteroatoms. The van der Waals surface area contributed by atoms with Crippen LogP contribution in [-0.2, 0) is 11.3 Å². The number of rotatable bonds is 6. The number of amides is 1. The van der Waals surface area contributed by atoms with Crippen molar-refractivity contribution in [3.63, 3.8) is 0 Å². The molecule has 0 aromatic heterocycles. The van der Waals surface area contributed by atoms with E-state index in [0.717, 1.165) is 39.3 Å². The van der Waals surface area contributed by atoms with Crippen LogP contribution in [0.15, 0.2) is 42.5 Å². The Bertz CT molecular complexity index is 754. The maximum atomic E-state index is 12.2. The summed E-state index contributed by atoms with van der Waals surface area (Å²) < 4.78 is 0. The Kier molecular flexibility index (Phi) is 7.39. The standard InChI is InChI=1S/C20H22Cl3N3O/c21-17-12-16(13-18(22)20(17)23)24-19(27)6-7-25-8-10-26(11-9-25)14-15-4-2-1-3-5-15/h1-5,12-13H,6-11,14H2,(H,24,27). The number of nitrogens with zero attached hydrogens (tertiary/aromatic N) is 2. The lowest BCUT2D eigenvalue weighted by atomic mass is 10.2. The molecule has 0 atom stereocenters. The maximum absolute atomic E-state index is 12.2. The summed E-state index contributed by atoms with van der Waals surface area (Å²) >= 11 is 17.9. The Hall–Kier alpha value is -1.30. The van der Waals surface area contributed by atoms with Crippen molar-refractivity contribution in [2.45, 2.75) is 13.0 Å². The highest BCUT2D eigenvalue weighted by Crippen LogP contribution is 2.33. The third kappa shape index (κ3) is 6.09. The van der Waals surface area contributed by atoms with Crippen molar-refractivity contribution in [2.75, 3.05) is 38.0 Å². The molecule has 2 aromatic rings. The lowest BCUT2D eigenvalue weighted by Crippen LogP contribution is -2.46. The molecule has 1 fully saturated rings. The largest absolute Gasteiger partial charge is 0.326 e. The average molecular weight is 427 g/mol. The topological polar surface area (TPSA) is 35.6 Å². The summed E-state index contributed by atoms with van der Waals surface area (Å²) in [6.45, 7) is 5.68. The van der Waals surface area contributed by atoms with E-state index in [2.05, 4.69) is 39.4 Å². The lowest BCUT2D eigenvalue weighted by Gasteiger charge is -2.34. The highest BCUT2D eigenvalue weighted by Gasteiger charge is 2.18. The number of carbonyl (C=O) groups is 1. The van der Waals surface area contributed by atoms with Crippen molar-refractivity contribution >= 4 is 46.4 Å². The quantitative estimate of drug-likeness (QED) is 0.674. The minimum Gasteiger partial charge on any atom is -0.326 e. The number of anilines is 1. The van der Waals surface area contributed by atoms with Crippen molar-refractivity contribution in [3.05, 3.63) is 63.1 Å². The van der Waals surface area contributed by atoms with Crippen molar-refractivity contribution in [1.29, 1.82) is 0 Å². The van der Waals surface area contributed by atoms with Gasteiger partial charge in [-0.15, -0.1) is 0 Å². The second-order valence-electron chi connectivity index (χ2n) is 6.66. The SMILES string of the molecule is O=C(CCN1CCN(Cc2ccccc2)CC1)Nc1cc(Cl)c(Cl)c(Cl)c1. The molecule has 0 aliphatic carbocycles. The molecule has 0 bridgehead atoms. The van der Waals surface area contributed by atoms with Crippen LogP contribution in [0.2, 0.25) is 15.1 Å². The van der Waals surface area contributed by atoms with E-state index in [1.807, 2.05) is 6.07 Å². The Labute approximate surface area is 175 Å². The molecule has 1 saturated heterocycles. The zero-order valence-corrected chi connectivity index (χ0v) is 17.2. The zero-order chi connectivity index (χ0) is 19.2. The molecule has 144 valence electrons. The average Bonchev–Trinajstić information content (AvgIpc) is 2.66. The zero-order valence-electron chi connectivity index (χ0n) is 14.9. The van der Waals surface area contributed by atoms with E-state index in [0.29, 0.717) is 27.2 Å². The fourth-order valence-electron chi connectivity index (χ4n) is 3.12. The molecule has 1 N–H and O–H groups in total. The third-order valence-corrected chi connectivity index (χ3v) is 5.83. The van der Waals surface area contributed by atoms with Crippen LogP contribution < -0.4 is 5.32 Å². The van der Waals surface area contributed by atoms with Gasteiger partial charge in [0.1, 0.15) is 0 Å². The first-order valence-electron chi connectivity index (χ1n) is 8.94. The van der Waals surface area contributed by atoms with E-state index in [1.54, 1.807) is 12.1 Å². The van der Waals surface area contributed by atoms with Gasteiger partial charge in [-0.05, 0) is 17.7 Å². The van der Waals surface area contributed by atoms with Gasteiger partial charge in [-0.2, -0.15) is 0 Å². The number of halogens is 3. The molecule has 1 heterocycles. The van der Waals surface area contributed by atoms with E-state index in [1.165, 1.54) is 5.56 Å². The number of benzene rings is 2. The van der Waals surface area contributed by atoms with Crippen molar-refractivity contribution in [3.8, 4) is 0 Å². The first kappa shape index (κ1) is 20.4. The van der Waals surface area contributed by atoms with Crippen LogP contribution >= 0.6 is 34.8 Å². The Morgan fingerprint density at radius 3 is 2.15 bits per heavy atom. The molecule has 4 nitrogen and oxygen atoms in total. The van der Waals surface area contributed by atoms with Gasteiger partial charge in [0, 0.05) is 51.4 Å². The minimum absolute atomic E-state index is 0.0591. The third-order valence-electron chi connectivity index (χ3n) is 4.64. The molecular weight excluding hydrogens is 405 g/mol. The molecule has 1 amide bonds. The van der Waals surface area contributed by atoms with Gasteiger partial charge in [0.05, 0.1) is 15.1 Å². The van der Waals surface area contributed by atoms with Gasteiger partial charge in [-0.3, -0.25) is 9.69 Å². The Morgan fingerprint density at radius 2 is 1.52 bits per heavy atom. The summed E-state index contributed by atoms with van der Waals surface area (Å²) in [5.74, 6) is -0.0591. The Morgan fingerprint density at radius 1 is 0.926 bits per heavy atom. The molecule has 1 aliphatic rings. The van der Waals surface area contributed by atoms with E-state index in [4.69, 9.17) is 34.8 Å². The van der Waals surface area contributed by atoms with Gasteiger partial charge in [-0.25, -0.2) is 0 Å². The molecule has 0 spiro atoms. The van der Waals surface area contributed by atoms with Crippen LogP contribution in [0.25, 0.3) is 0 Å². The smallest absolute Gasteiger partial charge is 0.225 e. The van der Waals surface area contributed by atoms with E-state index >= 15 is 0 Å². The van der Waals surface area contributed by atoms with Gasteiger partial charge < -0.3 is 10.2 Å². The number of hydrogen-bond acceptors (Lipinski definition) is 3. The van der Waals surface area contributed by atoms with Gasteiger partial charge >= 0.3 is 0 Å². The highest BCUT2D eigenvalue weighted by molar-refractivity contribution is 6.48. The minimum atomic E-state index is -0.0591. The predicted molar refractivity (Wildman–Crippen MR) is 113 cm³/mol. The number of hydrogen-bond donors (Lipinski definition) is 1. The molecular formula is C20H22Cl3N3O. The normalized spacial score (nSPS) is 15.7. The van der Waals surface area contributed by atoms with Crippen LogP contribution in [0.4, 0.5) is 5.69 Å². The summed E-state index contributed by atoms with van der Waals surface area (Å²) in [5, 5.41) is 3.78. The fraction of sp³-hybridized carbons (Fsp3) is 0.350. The first-order chi connectivity index (χ1) is 13.0. The van der Waals surface area contributed by atoms with Crippen LogP contribution in [0, 0.1) is 0 Å². The number of carbonyl (C=O) groups excluding carboxylic acids is 1.